The van der Waals surface area contributed by atoms with Crippen LogP contribution in [0, 0.1) is 0 Å². The standard InChI is InChI=1S/C12H8BrClO2/c1-16-11-9(13)6-7-4-2-3-5-8(7)10(11)12(14)15/h2-6H,1H3. The van der Waals surface area contributed by atoms with Crippen molar-refractivity contribution in [1.29, 1.82) is 0 Å². The van der Waals surface area contributed by atoms with Crippen LogP contribution >= 0.6 is 27.5 Å². The van der Waals surface area contributed by atoms with E-state index in [-0.39, 0.29) is 0 Å². The van der Waals surface area contributed by atoms with Crippen LogP contribution in [-0.2, 0) is 0 Å². The third-order valence-electron chi connectivity index (χ3n) is 2.36. The van der Waals surface area contributed by atoms with Crippen molar-refractivity contribution in [2.24, 2.45) is 0 Å². The summed E-state index contributed by atoms with van der Waals surface area (Å²) in [6.45, 7) is 0. The Hall–Kier alpha value is -1.06. The number of methoxy groups -OCH3 is 1. The van der Waals surface area contributed by atoms with E-state index < -0.39 is 5.24 Å². The largest absolute Gasteiger partial charge is 0.495 e. The molecule has 0 bridgehead atoms. The van der Waals surface area contributed by atoms with E-state index in [2.05, 4.69) is 15.9 Å². The van der Waals surface area contributed by atoms with Gasteiger partial charge < -0.3 is 4.74 Å². The highest BCUT2D eigenvalue weighted by molar-refractivity contribution is 9.10. The zero-order valence-electron chi connectivity index (χ0n) is 8.46. The van der Waals surface area contributed by atoms with Crippen LogP contribution in [0.4, 0.5) is 0 Å². The molecule has 0 aliphatic heterocycles. The maximum Gasteiger partial charge on any atom is 0.256 e. The third kappa shape index (κ3) is 1.81. The van der Waals surface area contributed by atoms with Gasteiger partial charge in [-0.25, -0.2) is 0 Å². The van der Waals surface area contributed by atoms with Gasteiger partial charge in [0.05, 0.1) is 17.1 Å². The molecule has 0 spiro atoms. The Morgan fingerprint density at radius 1 is 1.38 bits per heavy atom. The molecule has 2 nitrogen and oxygen atoms in total. The minimum absolute atomic E-state index is 0.397. The summed E-state index contributed by atoms with van der Waals surface area (Å²) in [7, 11) is 1.51. The van der Waals surface area contributed by atoms with E-state index in [9.17, 15) is 4.79 Å². The number of benzene rings is 2. The average molecular weight is 300 g/mol. The monoisotopic (exact) mass is 298 g/mol. The predicted molar refractivity (Wildman–Crippen MR) is 68.4 cm³/mol. The average Bonchev–Trinajstić information content (AvgIpc) is 2.26. The molecule has 0 heterocycles. The maximum absolute atomic E-state index is 11.5. The summed E-state index contributed by atoms with van der Waals surface area (Å²) in [6, 6.07) is 9.43. The van der Waals surface area contributed by atoms with Gasteiger partial charge >= 0.3 is 0 Å². The molecule has 2 aromatic rings. The summed E-state index contributed by atoms with van der Waals surface area (Å²) in [4.78, 5) is 11.5. The molecule has 0 saturated heterocycles. The van der Waals surface area contributed by atoms with Crippen LogP contribution in [0.2, 0.25) is 0 Å². The van der Waals surface area contributed by atoms with Crippen molar-refractivity contribution in [2.45, 2.75) is 0 Å². The minimum atomic E-state index is -0.519. The predicted octanol–water partition coefficient (Wildman–Crippen LogP) is 3.99. The van der Waals surface area contributed by atoms with E-state index in [1.165, 1.54) is 7.11 Å². The Bertz CT molecular complexity index is 566. The van der Waals surface area contributed by atoms with E-state index in [4.69, 9.17) is 16.3 Å². The van der Waals surface area contributed by atoms with Crippen LogP contribution in [0.3, 0.4) is 0 Å². The van der Waals surface area contributed by atoms with Crippen molar-refractivity contribution in [3.05, 3.63) is 40.4 Å². The highest BCUT2D eigenvalue weighted by Gasteiger charge is 2.17. The van der Waals surface area contributed by atoms with Gasteiger partial charge in [-0.1, -0.05) is 24.3 Å². The van der Waals surface area contributed by atoms with Crippen LogP contribution < -0.4 is 4.74 Å². The SMILES string of the molecule is COc1c(Br)cc2ccccc2c1C(=O)Cl. The van der Waals surface area contributed by atoms with Crippen molar-refractivity contribution in [3.8, 4) is 5.75 Å². The third-order valence-corrected chi connectivity index (χ3v) is 3.14. The molecule has 2 rings (SSSR count). The molecule has 82 valence electrons. The molecule has 4 heteroatoms. The van der Waals surface area contributed by atoms with Gasteiger partial charge in [0, 0.05) is 0 Å². The van der Waals surface area contributed by atoms with Gasteiger partial charge in [0.2, 0.25) is 0 Å². The lowest BCUT2D eigenvalue weighted by Crippen LogP contribution is -1.98. The summed E-state index contributed by atoms with van der Waals surface area (Å²) >= 11 is 8.96. The highest BCUT2D eigenvalue weighted by Crippen LogP contribution is 2.36. The topological polar surface area (TPSA) is 26.3 Å². The molecular formula is C12H8BrClO2. The normalized spacial score (nSPS) is 10.4. The van der Waals surface area contributed by atoms with Crippen LogP contribution in [0.15, 0.2) is 34.8 Å². The van der Waals surface area contributed by atoms with Gasteiger partial charge in [-0.05, 0) is 44.4 Å². The number of ether oxygens (including phenoxy) is 1. The van der Waals surface area contributed by atoms with E-state index >= 15 is 0 Å². The van der Waals surface area contributed by atoms with E-state index in [0.717, 1.165) is 15.2 Å². The van der Waals surface area contributed by atoms with Crippen molar-refractivity contribution in [3.63, 3.8) is 0 Å². The number of fused-ring (bicyclic) bond motifs is 1. The van der Waals surface area contributed by atoms with Crippen LogP contribution in [-0.4, -0.2) is 12.4 Å². The first-order valence-corrected chi connectivity index (χ1v) is 5.77. The fourth-order valence-corrected chi connectivity index (χ4v) is 2.48. The molecule has 0 aliphatic carbocycles. The number of hydrogen-bond donors (Lipinski definition) is 0. The number of carbonyl (C=O) groups excluding carboxylic acids is 1. The fraction of sp³-hybridized carbons (Fsp3) is 0.0833. The van der Waals surface area contributed by atoms with E-state index in [0.29, 0.717) is 11.3 Å². The first kappa shape index (κ1) is 11.4. The summed E-state index contributed by atoms with van der Waals surface area (Å²) in [5.74, 6) is 0.471. The summed E-state index contributed by atoms with van der Waals surface area (Å²) in [6.07, 6.45) is 0. The Labute approximate surface area is 106 Å². The van der Waals surface area contributed by atoms with Crippen LogP contribution in [0.25, 0.3) is 10.8 Å². The maximum atomic E-state index is 11.5. The Balaban J connectivity index is 2.93. The molecule has 0 aromatic heterocycles. The summed E-state index contributed by atoms with van der Waals surface area (Å²) < 4.78 is 5.91. The number of halogens is 2. The Morgan fingerprint density at radius 3 is 2.69 bits per heavy atom. The summed E-state index contributed by atoms with van der Waals surface area (Å²) in [5.41, 5.74) is 0.397. The highest BCUT2D eigenvalue weighted by atomic mass is 79.9. The van der Waals surface area contributed by atoms with E-state index in [1.807, 2.05) is 30.3 Å². The van der Waals surface area contributed by atoms with Crippen molar-refractivity contribution in [1.82, 2.24) is 0 Å². The van der Waals surface area contributed by atoms with Gasteiger partial charge in [0.15, 0.2) is 0 Å². The van der Waals surface area contributed by atoms with Gasteiger partial charge in [0.1, 0.15) is 5.75 Å². The molecular weight excluding hydrogens is 291 g/mol. The zero-order valence-corrected chi connectivity index (χ0v) is 10.8. The lowest BCUT2D eigenvalue weighted by atomic mass is 10.0. The quantitative estimate of drug-likeness (QED) is 0.784. The number of hydrogen-bond acceptors (Lipinski definition) is 2. The number of rotatable bonds is 2. The molecule has 16 heavy (non-hydrogen) atoms. The van der Waals surface area contributed by atoms with Crippen molar-refractivity contribution in [2.75, 3.05) is 7.11 Å². The second kappa shape index (κ2) is 4.44. The second-order valence-electron chi connectivity index (χ2n) is 3.26. The van der Waals surface area contributed by atoms with Gasteiger partial charge in [-0.3, -0.25) is 4.79 Å². The minimum Gasteiger partial charge on any atom is -0.495 e. The smallest absolute Gasteiger partial charge is 0.256 e. The van der Waals surface area contributed by atoms with Gasteiger partial charge in [-0.2, -0.15) is 0 Å². The van der Waals surface area contributed by atoms with Gasteiger partial charge in [0.25, 0.3) is 5.24 Å². The molecule has 0 unspecified atom stereocenters. The van der Waals surface area contributed by atoms with E-state index in [1.54, 1.807) is 0 Å². The molecule has 0 aliphatic rings. The number of carbonyl (C=O) groups is 1. The Kier molecular flexibility index (Phi) is 3.17. The first-order valence-electron chi connectivity index (χ1n) is 4.60. The Morgan fingerprint density at radius 2 is 2.06 bits per heavy atom. The zero-order chi connectivity index (χ0) is 11.7. The lowest BCUT2D eigenvalue weighted by Gasteiger charge is -2.10. The van der Waals surface area contributed by atoms with Crippen molar-refractivity contribution >= 4 is 43.5 Å². The lowest BCUT2D eigenvalue weighted by molar-refractivity contribution is 0.108. The second-order valence-corrected chi connectivity index (χ2v) is 4.46. The molecule has 0 fully saturated rings. The van der Waals surface area contributed by atoms with Crippen molar-refractivity contribution < 1.29 is 9.53 Å². The summed E-state index contributed by atoms with van der Waals surface area (Å²) in [5, 5.41) is 1.22. The van der Waals surface area contributed by atoms with Crippen LogP contribution in [0.5, 0.6) is 5.75 Å². The molecule has 0 radical (unpaired) electrons. The fourth-order valence-electron chi connectivity index (χ4n) is 1.69. The molecule has 0 atom stereocenters. The molecule has 0 amide bonds. The first-order chi connectivity index (χ1) is 7.65. The molecule has 2 aromatic carbocycles. The van der Waals surface area contributed by atoms with Crippen LogP contribution in [0.1, 0.15) is 10.4 Å². The molecule has 0 saturated carbocycles. The molecule has 0 N–H and O–H groups in total. The van der Waals surface area contributed by atoms with Gasteiger partial charge in [-0.15, -0.1) is 0 Å².